The number of rotatable bonds is 9. The van der Waals surface area contributed by atoms with Gasteiger partial charge in [-0.2, -0.15) is 12.6 Å². The summed E-state index contributed by atoms with van der Waals surface area (Å²) in [6, 6.07) is -2.66. The molecule has 0 aromatic carbocycles. The van der Waals surface area contributed by atoms with Gasteiger partial charge in [0.2, 0.25) is 0 Å². The maximum atomic E-state index is 10.3. The molecule has 0 rings (SSSR count). The highest BCUT2D eigenvalue weighted by atomic mass is 33.1. The molecule has 0 aliphatic heterocycles. The monoisotopic (exact) mass is 361 g/mol. The van der Waals surface area contributed by atoms with Gasteiger partial charge in [0.1, 0.15) is 18.1 Å². The molecule has 2 unspecified atom stereocenters. The van der Waals surface area contributed by atoms with Crippen molar-refractivity contribution < 1.29 is 29.7 Å². The van der Waals surface area contributed by atoms with Crippen LogP contribution in [0.2, 0.25) is 0 Å². The molecule has 0 radical (unpaired) electrons. The molecule has 0 saturated heterocycles. The van der Waals surface area contributed by atoms with Crippen LogP contribution in [0.3, 0.4) is 0 Å². The molecule has 0 saturated carbocycles. The minimum atomic E-state index is -1.07. The van der Waals surface area contributed by atoms with Crippen molar-refractivity contribution in [1.29, 1.82) is 0 Å². The molecule has 124 valence electrons. The summed E-state index contributed by atoms with van der Waals surface area (Å²) in [5, 5.41) is 24.8. The van der Waals surface area contributed by atoms with Crippen molar-refractivity contribution in [3.8, 4) is 0 Å². The van der Waals surface area contributed by atoms with Crippen molar-refractivity contribution in [2.45, 2.75) is 18.1 Å². The molecule has 0 aromatic rings. The van der Waals surface area contributed by atoms with Crippen LogP contribution in [0, 0.1) is 0 Å². The summed E-state index contributed by atoms with van der Waals surface area (Å²) in [6.45, 7) is 0. The molecule has 0 aromatic heterocycles. The van der Waals surface area contributed by atoms with E-state index in [1.165, 1.54) is 21.6 Å². The lowest BCUT2D eigenvalue weighted by Crippen LogP contribution is -2.33. The van der Waals surface area contributed by atoms with Gasteiger partial charge >= 0.3 is 17.9 Å². The maximum Gasteiger partial charge on any atom is 0.321 e. The number of thiol groups is 1. The third kappa shape index (κ3) is 14.1. The molecular weight excluding hydrogens is 342 g/mol. The van der Waals surface area contributed by atoms with E-state index in [0.29, 0.717) is 0 Å². The predicted octanol–water partition coefficient (Wildman–Crippen LogP) is -1.48. The Morgan fingerprint density at radius 1 is 0.810 bits per heavy atom. The zero-order valence-electron chi connectivity index (χ0n) is 10.9. The van der Waals surface area contributed by atoms with Crippen molar-refractivity contribution in [2.75, 3.05) is 17.3 Å². The van der Waals surface area contributed by atoms with Gasteiger partial charge in [-0.1, -0.05) is 21.6 Å². The average molecular weight is 361 g/mol. The zero-order chi connectivity index (χ0) is 17.0. The van der Waals surface area contributed by atoms with Crippen LogP contribution < -0.4 is 17.2 Å². The Kier molecular flexibility index (Phi) is 14.0. The molecular formula is C9H19N3O6S3. The van der Waals surface area contributed by atoms with Gasteiger partial charge in [0.25, 0.3) is 0 Å². The Bertz CT molecular complexity index is 325. The summed E-state index contributed by atoms with van der Waals surface area (Å²) in [7, 11) is 2.41. The van der Waals surface area contributed by atoms with Gasteiger partial charge in [0, 0.05) is 17.3 Å². The fourth-order valence-electron chi connectivity index (χ4n) is 0.464. The van der Waals surface area contributed by atoms with Crippen LogP contribution in [0.4, 0.5) is 0 Å². The van der Waals surface area contributed by atoms with Gasteiger partial charge in [-0.25, -0.2) is 0 Å². The second-order valence-electron chi connectivity index (χ2n) is 3.59. The van der Waals surface area contributed by atoms with E-state index < -0.39 is 36.0 Å². The number of hydrogen-bond acceptors (Lipinski definition) is 9. The highest BCUT2D eigenvalue weighted by Crippen LogP contribution is 2.22. The smallest absolute Gasteiger partial charge is 0.321 e. The second-order valence-corrected chi connectivity index (χ2v) is 6.50. The van der Waals surface area contributed by atoms with Crippen LogP contribution in [-0.2, 0) is 14.4 Å². The Hall–Kier alpha value is -0.660. The van der Waals surface area contributed by atoms with Crippen molar-refractivity contribution in [3.05, 3.63) is 0 Å². The van der Waals surface area contributed by atoms with Crippen LogP contribution in [0.1, 0.15) is 0 Å². The molecule has 9 N–H and O–H groups in total. The van der Waals surface area contributed by atoms with Gasteiger partial charge in [0.15, 0.2) is 0 Å². The van der Waals surface area contributed by atoms with E-state index in [1.54, 1.807) is 0 Å². The Morgan fingerprint density at radius 2 is 1.10 bits per heavy atom. The third-order valence-corrected chi connectivity index (χ3v) is 4.59. The number of carbonyl (C=O) groups is 3. The number of aliphatic carboxylic acids is 3. The first-order chi connectivity index (χ1) is 9.63. The number of carboxylic acid groups (broad SMARTS) is 3. The SMILES string of the molecule is NC(CSSCC(N)C(=O)O)C(=O)O.N[C@@H](CS)C(=O)O. The fourth-order valence-corrected chi connectivity index (χ4v) is 2.85. The standard InChI is InChI=1S/C6H12N2O4S2.C3H7NO2S/c7-3(5(9)10)1-13-14-2-4(8)6(11)12;4-2(1-7)3(5)6/h3-4H,1-2,7-8H2,(H,9,10)(H,11,12);2,7H,1,4H2,(H,5,6)/t;2-/m.0/s1. The molecule has 0 aliphatic rings. The van der Waals surface area contributed by atoms with Gasteiger partial charge in [-0.15, -0.1) is 0 Å². The molecule has 3 atom stereocenters. The summed E-state index contributed by atoms with van der Waals surface area (Å²) in [4.78, 5) is 30.3. The van der Waals surface area contributed by atoms with Crippen molar-refractivity contribution in [3.63, 3.8) is 0 Å². The van der Waals surface area contributed by atoms with E-state index in [0.717, 1.165) is 0 Å². The normalized spacial score (nSPS) is 14.3. The molecule has 12 heteroatoms. The minimum absolute atomic E-state index is 0.190. The van der Waals surface area contributed by atoms with Crippen LogP contribution >= 0.6 is 34.2 Å². The van der Waals surface area contributed by atoms with Gasteiger partial charge in [0.05, 0.1) is 0 Å². The second kappa shape index (κ2) is 13.0. The molecule has 21 heavy (non-hydrogen) atoms. The van der Waals surface area contributed by atoms with Crippen molar-refractivity contribution in [1.82, 2.24) is 0 Å². The van der Waals surface area contributed by atoms with E-state index >= 15 is 0 Å². The largest absolute Gasteiger partial charge is 0.480 e. The first-order valence-corrected chi connectivity index (χ1v) is 8.55. The molecule has 0 amide bonds. The average Bonchev–Trinajstić information content (AvgIpc) is 2.42. The van der Waals surface area contributed by atoms with Crippen LogP contribution in [0.15, 0.2) is 0 Å². The van der Waals surface area contributed by atoms with Gasteiger partial charge in [-0.05, 0) is 0 Å². The third-order valence-electron chi connectivity index (χ3n) is 1.73. The Morgan fingerprint density at radius 3 is 1.24 bits per heavy atom. The highest BCUT2D eigenvalue weighted by molar-refractivity contribution is 8.76. The molecule has 0 bridgehead atoms. The topological polar surface area (TPSA) is 190 Å². The summed E-state index contributed by atoms with van der Waals surface area (Å²) in [5.74, 6) is -2.50. The summed E-state index contributed by atoms with van der Waals surface area (Å²) in [6.07, 6.45) is 0. The van der Waals surface area contributed by atoms with Gasteiger partial charge in [-0.3, -0.25) is 14.4 Å². The first-order valence-electron chi connectivity index (χ1n) is 5.43. The quantitative estimate of drug-likeness (QED) is 0.144. The lowest BCUT2D eigenvalue weighted by molar-refractivity contribution is -0.138. The van der Waals surface area contributed by atoms with Crippen LogP contribution in [0.25, 0.3) is 0 Å². The van der Waals surface area contributed by atoms with Gasteiger partial charge < -0.3 is 32.5 Å². The fraction of sp³-hybridized carbons (Fsp3) is 0.667. The van der Waals surface area contributed by atoms with Crippen molar-refractivity contribution >= 4 is 52.1 Å². The van der Waals surface area contributed by atoms with E-state index in [1.807, 2.05) is 0 Å². The van der Waals surface area contributed by atoms with Crippen molar-refractivity contribution in [2.24, 2.45) is 17.2 Å². The maximum absolute atomic E-state index is 10.3. The number of nitrogens with two attached hydrogens (primary N) is 3. The number of carboxylic acids is 3. The van der Waals surface area contributed by atoms with E-state index in [9.17, 15) is 14.4 Å². The summed E-state index contributed by atoms with van der Waals surface area (Å²) < 4.78 is 0. The minimum Gasteiger partial charge on any atom is -0.480 e. The lowest BCUT2D eigenvalue weighted by Gasteiger charge is -2.07. The molecule has 0 heterocycles. The first kappa shape index (κ1) is 22.6. The molecule has 0 aliphatic carbocycles. The Balaban J connectivity index is 0. The summed E-state index contributed by atoms with van der Waals surface area (Å²) >= 11 is 3.65. The molecule has 0 fully saturated rings. The lowest BCUT2D eigenvalue weighted by atomic mass is 10.4. The van der Waals surface area contributed by atoms with Crippen LogP contribution in [0.5, 0.6) is 0 Å². The van der Waals surface area contributed by atoms with E-state index in [2.05, 4.69) is 12.6 Å². The predicted molar refractivity (Wildman–Crippen MR) is 85.6 cm³/mol. The van der Waals surface area contributed by atoms with E-state index in [4.69, 9.17) is 32.5 Å². The number of hydrogen-bond donors (Lipinski definition) is 7. The molecule has 0 spiro atoms. The highest BCUT2D eigenvalue weighted by Gasteiger charge is 2.14. The molecule has 9 nitrogen and oxygen atoms in total. The zero-order valence-corrected chi connectivity index (χ0v) is 13.4. The summed E-state index contributed by atoms with van der Waals surface area (Å²) in [5.41, 5.74) is 15.4. The van der Waals surface area contributed by atoms with E-state index in [-0.39, 0.29) is 17.3 Å². The van der Waals surface area contributed by atoms with Crippen LogP contribution in [-0.4, -0.2) is 68.6 Å². The Labute approximate surface area is 134 Å².